The van der Waals surface area contributed by atoms with Crippen LogP contribution in [0.15, 0.2) is 47.4 Å². The van der Waals surface area contributed by atoms with E-state index < -0.39 is 10.0 Å². The first-order chi connectivity index (χ1) is 17.2. The van der Waals surface area contributed by atoms with Gasteiger partial charge in [0.05, 0.1) is 24.8 Å². The van der Waals surface area contributed by atoms with Gasteiger partial charge in [0, 0.05) is 35.7 Å². The Morgan fingerprint density at radius 2 is 1.78 bits per heavy atom. The van der Waals surface area contributed by atoms with Crippen LogP contribution >= 0.6 is 11.3 Å². The van der Waals surface area contributed by atoms with E-state index in [-0.39, 0.29) is 10.8 Å². The summed E-state index contributed by atoms with van der Waals surface area (Å²) < 4.78 is 37.8. The van der Waals surface area contributed by atoms with Crippen molar-refractivity contribution in [3.63, 3.8) is 0 Å². The molecule has 1 N–H and O–H groups in total. The molecule has 2 aromatic carbocycles. The molecule has 0 fully saturated rings. The average molecular weight is 532 g/mol. The van der Waals surface area contributed by atoms with Crippen LogP contribution in [-0.2, 0) is 10.0 Å². The third-order valence-electron chi connectivity index (χ3n) is 5.83. The number of methoxy groups -OCH3 is 2. The Bertz CT molecular complexity index is 1290. The van der Waals surface area contributed by atoms with Gasteiger partial charge in [-0.3, -0.25) is 10.1 Å². The van der Waals surface area contributed by atoms with Crippen LogP contribution in [-0.4, -0.2) is 51.4 Å². The van der Waals surface area contributed by atoms with Gasteiger partial charge in [0.2, 0.25) is 10.0 Å². The Morgan fingerprint density at radius 1 is 1.06 bits per heavy atom. The van der Waals surface area contributed by atoms with E-state index in [1.807, 2.05) is 19.1 Å². The zero-order valence-corrected chi connectivity index (χ0v) is 23.0. The summed E-state index contributed by atoms with van der Waals surface area (Å²) in [5, 5.41) is 3.25. The number of thiazole rings is 1. The summed E-state index contributed by atoms with van der Waals surface area (Å²) in [7, 11) is 1.15. The van der Waals surface area contributed by atoms with Crippen LogP contribution in [0.2, 0.25) is 0 Å². The Balaban J connectivity index is 1.71. The van der Waals surface area contributed by atoms with E-state index in [4.69, 9.17) is 9.47 Å². The zero-order chi connectivity index (χ0) is 26.3. The molecule has 8 nitrogen and oxygen atoms in total. The molecule has 0 saturated carbocycles. The van der Waals surface area contributed by atoms with Crippen LogP contribution in [0, 0.1) is 6.92 Å². The van der Waals surface area contributed by atoms with Crippen LogP contribution < -0.4 is 14.8 Å². The van der Waals surface area contributed by atoms with Crippen molar-refractivity contribution < 1.29 is 22.7 Å². The Morgan fingerprint density at radius 3 is 2.42 bits per heavy atom. The third-order valence-corrected chi connectivity index (χ3v) is 8.59. The molecule has 0 spiro atoms. The van der Waals surface area contributed by atoms with Gasteiger partial charge in [-0.05, 0) is 49.7 Å². The number of nitrogens with zero attached hydrogens (tertiary/aromatic N) is 2. The monoisotopic (exact) mass is 531 g/mol. The standard InChI is InChI=1S/C26H33N3O5S2/c1-6-7-8-9-16-29(3)36(31,32)21-13-10-19(11-14-21)25(30)28-26-27-24(18(2)35-26)22-15-12-20(33-4)17-23(22)34-5/h10-15,17H,6-9,16H2,1-5H3,(H,27,28,30). The molecule has 0 aliphatic rings. The summed E-state index contributed by atoms with van der Waals surface area (Å²) in [6.45, 7) is 4.50. The quantitative estimate of drug-likeness (QED) is 0.306. The predicted octanol–water partition coefficient (Wildman–Crippen LogP) is 5.59. The van der Waals surface area contributed by atoms with E-state index in [1.165, 1.54) is 39.9 Å². The second kappa shape index (κ2) is 12.3. The number of sulfonamides is 1. The van der Waals surface area contributed by atoms with Crippen molar-refractivity contribution in [2.75, 3.05) is 33.1 Å². The maximum Gasteiger partial charge on any atom is 0.257 e. The molecule has 0 saturated heterocycles. The van der Waals surface area contributed by atoms with Gasteiger partial charge in [0.15, 0.2) is 5.13 Å². The lowest BCUT2D eigenvalue weighted by atomic mass is 10.1. The maximum absolute atomic E-state index is 12.8. The maximum atomic E-state index is 12.8. The number of ether oxygens (including phenoxy) is 2. The largest absolute Gasteiger partial charge is 0.497 e. The highest BCUT2D eigenvalue weighted by atomic mass is 32.2. The predicted molar refractivity (Wildman–Crippen MR) is 144 cm³/mol. The number of hydrogen-bond donors (Lipinski definition) is 1. The van der Waals surface area contributed by atoms with Gasteiger partial charge in [-0.1, -0.05) is 26.2 Å². The molecule has 3 rings (SSSR count). The summed E-state index contributed by atoms with van der Waals surface area (Å²) in [6.07, 6.45) is 4.00. The molecule has 10 heteroatoms. The highest BCUT2D eigenvalue weighted by Crippen LogP contribution is 2.37. The molecule has 0 atom stereocenters. The van der Waals surface area contributed by atoms with Crippen LogP contribution in [0.3, 0.4) is 0 Å². The Labute approximate surface area is 217 Å². The molecule has 0 aliphatic carbocycles. The summed E-state index contributed by atoms with van der Waals surface area (Å²) in [5.41, 5.74) is 1.84. The number of nitrogens with one attached hydrogen (secondary N) is 1. The van der Waals surface area contributed by atoms with Crippen LogP contribution in [0.5, 0.6) is 11.5 Å². The van der Waals surface area contributed by atoms with Gasteiger partial charge in [0.1, 0.15) is 11.5 Å². The summed E-state index contributed by atoms with van der Waals surface area (Å²) in [4.78, 5) is 18.5. The fourth-order valence-electron chi connectivity index (χ4n) is 3.70. The molecular weight excluding hydrogens is 498 g/mol. The number of anilines is 1. The minimum Gasteiger partial charge on any atom is -0.497 e. The van der Waals surface area contributed by atoms with Crippen molar-refractivity contribution in [1.29, 1.82) is 0 Å². The van der Waals surface area contributed by atoms with Crippen molar-refractivity contribution >= 4 is 32.4 Å². The molecule has 0 aliphatic heterocycles. The van der Waals surface area contributed by atoms with E-state index in [9.17, 15) is 13.2 Å². The molecular formula is C26H33N3O5S2. The molecule has 36 heavy (non-hydrogen) atoms. The summed E-state index contributed by atoms with van der Waals surface area (Å²) in [5.74, 6) is 0.923. The SMILES string of the molecule is CCCCCCN(C)S(=O)(=O)c1ccc(C(=O)Nc2nc(-c3ccc(OC)cc3OC)c(C)s2)cc1. The first-order valence-electron chi connectivity index (χ1n) is 11.8. The molecule has 1 amide bonds. The molecule has 0 radical (unpaired) electrons. The molecule has 3 aromatic rings. The summed E-state index contributed by atoms with van der Waals surface area (Å²) >= 11 is 1.35. The lowest BCUT2D eigenvalue weighted by Crippen LogP contribution is -2.28. The number of benzene rings is 2. The van der Waals surface area contributed by atoms with Crippen LogP contribution in [0.4, 0.5) is 5.13 Å². The van der Waals surface area contributed by atoms with E-state index in [2.05, 4.69) is 17.2 Å². The average Bonchev–Trinajstić information content (AvgIpc) is 3.25. The van der Waals surface area contributed by atoms with Gasteiger partial charge in [0.25, 0.3) is 5.91 Å². The highest BCUT2D eigenvalue weighted by Gasteiger charge is 2.21. The fraction of sp³-hybridized carbons (Fsp3) is 0.385. The molecule has 1 heterocycles. The van der Waals surface area contributed by atoms with Crippen LogP contribution in [0.1, 0.15) is 47.8 Å². The Hall–Kier alpha value is -2.95. The summed E-state index contributed by atoms with van der Waals surface area (Å²) in [6, 6.07) is 11.4. The topological polar surface area (TPSA) is 97.8 Å². The van der Waals surface area contributed by atoms with Crippen molar-refractivity contribution in [3.05, 3.63) is 52.9 Å². The van der Waals surface area contributed by atoms with Crippen molar-refractivity contribution in [3.8, 4) is 22.8 Å². The van der Waals surface area contributed by atoms with Gasteiger partial charge in [-0.25, -0.2) is 17.7 Å². The van der Waals surface area contributed by atoms with Crippen molar-refractivity contribution in [2.45, 2.75) is 44.4 Å². The first kappa shape index (κ1) is 27.6. The molecule has 194 valence electrons. The number of aryl methyl sites for hydroxylation is 1. The zero-order valence-electron chi connectivity index (χ0n) is 21.3. The normalized spacial score (nSPS) is 11.5. The van der Waals surface area contributed by atoms with E-state index in [0.29, 0.717) is 34.4 Å². The molecule has 0 bridgehead atoms. The van der Waals surface area contributed by atoms with E-state index >= 15 is 0 Å². The lowest BCUT2D eigenvalue weighted by molar-refractivity contribution is 0.102. The highest BCUT2D eigenvalue weighted by molar-refractivity contribution is 7.89. The van der Waals surface area contributed by atoms with Crippen molar-refractivity contribution in [2.24, 2.45) is 0 Å². The van der Waals surface area contributed by atoms with Gasteiger partial charge in [-0.15, -0.1) is 11.3 Å². The second-order valence-electron chi connectivity index (χ2n) is 8.36. The minimum absolute atomic E-state index is 0.163. The second-order valence-corrected chi connectivity index (χ2v) is 11.6. The third kappa shape index (κ3) is 6.43. The van der Waals surface area contributed by atoms with Gasteiger partial charge in [-0.2, -0.15) is 0 Å². The van der Waals surface area contributed by atoms with Crippen LogP contribution in [0.25, 0.3) is 11.3 Å². The molecule has 1 aromatic heterocycles. The number of unbranched alkanes of at least 4 members (excludes halogenated alkanes) is 3. The fourth-order valence-corrected chi connectivity index (χ4v) is 5.74. The number of rotatable bonds is 12. The first-order valence-corrected chi connectivity index (χ1v) is 14.0. The number of aromatic nitrogens is 1. The Kier molecular flexibility index (Phi) is 9.47. The number of hydrogen-bond acceptors (Lipinski definition) is 7. The van der Waals surface area contributed by atoms with E-state index in [1.54, 1.807) is 27.3 Å². The number of amides is 1. The smallest absolute Gasteiger partial charge is 0.257 e. The molecule has 0 unspecified atom stereocenters. The number of carbonyl (C=O) groups is 1. The van der Waals surface area contributed by atoms with E-state index in [0.717, 1.165) is 36.1 Å². The lowest BCUT2D eigenvalue weighted by Gasteiger charge is -2.17. The minimum atomic E-state index is -3.60. The van der Waals surface area contributed by atoms with Gasteiger partial charge < -0.3 is 9.47 Å². The number of carbonyl (C=O) groups excluding carboxylic acids is 1. The van der Waals surface area contributed by atoms with Crippen molar-refractivity contribution in [1.82, 2.24) is 9.29 Å². The van der Waals surface area contributed by atoms with Gasteiger partial charge >= 0.3 is 0 Å².